The van der Waals surface area contributed by atoms with Crippen molar-refractivity contribution in [3.05, 3.63) is 126 Å². The fourth-order valence-corrected chi connectivity index (χ4v) is 12.3. The molecule has 0 aromatic heterocycles. The molecule has 186 valence electrons. The van der Waals surface area contributed by atoms with Gasteiger partial charge in [-0.1, -0.05) is 83.9 Å². The van der Waals surface area contributed by atoms with E-state index >= 15 is 9.13 Å². The Bertz CT molecular complexity index is 1840. The number of anilines is 3. The summed E-state index contributed by atoms with van der Waals surface area (Å²) < 4.78 is 56.7. The molecule has 0 fully saturated rings. The molecule has 0 saturated carbocycles. The molecule has 0 radical (unpaired) electrons. The summed E-state index contributed by atoms with van der Waals surface area (Å²) in [5.41, 5.74) is 4.00. The summed E-state index contributed by atoms with van der Waals surface area (Å²) in [6.07, 6.45) is 0. The number of fused-ring (bicyclic) bond motifs is 4. The molecular weight excluding hydrogens is 504 g/mol. The van der Waals surface area contributed by atoms with E-state index < -0.39 is 21.1 Å². The summed E-state index contributed by atoms with van der Waals surface area (Å²) in [5, 5.41) is 3.34. The first-order valence-corrected chi connectivity index (χ1v) is 16.0. The van der Waals surface area contributed by atoms with E-state index in [1.807, 2.05) is 111 Å². The number of aryl methyl sites for hydroxylation is 3. The summed E-state index contributed by atoms with van der Waals surface area (Å²) >= 11 is 0. The first-order chi connectivity index (χ1) is 19.5. The lowest BCUT2D eigenvalue weighted by atomic mass is 10.1. The van der Waals surface area contributed by atoms with E-state index in [9.17, 15) is 0 Å². The van der Waals surface area contributed by atoms with Crippen LogP contribution >= 0.6 is 14.3 Å². The highest BCUT2D eigenvalue weighted by Gasteiger charge is 2.49. The molecule has 2 aliphatic heterocycles. The lowest BCUT2D eigenvalue weighted by Gasteiger charge is -2.44. The van der Waals surface area contributed by atoms with Gasteiger partial charge >= 0.3 is 0 Å². The van der Waals surface area contributed by atoms with Crippen molar-refractivity contribution in [2.45, 2.75) is 20.7 Å². The summed E-state index contributed by atoms with van der Waals surface area (Å²) in [4.78, 5) is 2.05. The zero-order valence-corrected chi connectivity index (χ0v) is 22.8. The topological polar surface area (TPSA) is 37.4 Å². The van der Waals surface area contributed by atoms with Crippen molar-refractivity contribution in [3.63, 3.8) is 0 Å². The van der Waals surface area contributed by atoms with Crippen molar-refractivity contribution < 1.29 is 13.2 Å². The molecule has 5 aromatic carbocycles. The molecule has 0 N–H and O–H groups in total. The SMILES string of the molecule is [2H]C([2H])([2H])c1cc2c3c(c1)P(=O)(c1ccccc1)c1cc(C)ccc1N3c1ccc(C)cc1P2(=O)c1ccccc1. The molecule has 3 nitrogen and oxygen atoms in total. The predicted molar refractivity (Wildman–Crippen MR) is 161 cm³/mol. The van der Waals surface area contributed by atoms with Crippen LogP contribution in [-0.2, 0) is 9.13 Å². The molecule has 2 atom stereocenters. The minimum Gasteiger partial charge on any atom is -0.308 e. The van der Waals surface area contributed by atoms with Gasteiger partial charge in [-0.3, -0.25) is 0 Å². The van der Waals surface area contributed by atoms with Gasteiger partial charge in [-0.25, -0.2) is 0 Å². The van der Waals surface area contributed by atoms with Crippen molar-refractivity contribution in [1.29, 1.82) is 0 Å². The van der Waals surface area contributed by atoms with Crippen LogP contribution in [0.4, 0.5) is 17.1 Å². The maximum absolute atomic E-state index is 15.8. The van der Waals surface area contributed by atoms with E-state index in [2.05, 4.69) is 4.90 Å². The Kier molecular flexibility index (Phi) is 4.38. The molecule has 5 aromatic rings. The van der Waals surface area contributed by atoms with Crippen LogP contribution in [0.15, 0.2) is 109 Å². The quantitative estimate of drug-likeness (QED) is 0.256. The van der Waals surface area contributed by atoms with E-state index in [1.54, 1.807) is 12.1 Å². The Morgan fingerprint density at radius 1 is 0.553 bits per heavy atom. The normalized spacial score (nSPS) is 22.4. The van der Waals surface area contributed by atoms with E-state index in [0.29, 0.717) is 37.5 Å². The monoisotopic (exact) mass is 534 g/mol. The Labute approximate surface area is 227 Å². The van der Waals surface area contributed by atoms with Crippen LogP contribution in [-0.4, -0.2) is 0 Å². The first-order valence-electron chi connectivity index (χ1n) is 14.1. The van der Waals surface area contributed by atoms with Gasteiger partial charge in [0.05, 0.1) is 17.1 Å². The zero-order chi connectivity index (χ0) is 28.7. The maximum Gasteiger partial charge on any atom is 0.175 e. The highest BCUT2D eigenvalue weighted by atomic mass is 31.2. The maximum atomic E-state index is 15.8. The Morgan fingerprint density at radius 2 is 0.974 bits per heavy atom. The number of hydrogen-bond donors (Lipinski definition) is 0. The fraction of sp³-hybridized carbons (Fsp3) is 0.0909. The van der Waals surface area contributed by atoms with Gasteiger partial charge in [0.1, 0.15) is 0 Å². The van der Waals surface area contributed by atoms with Crippen molar-refractivity contribution in [2.75, 3.05) is 4.90 Å². The molecule has 0 bridgehead atoms. The van der Waals surface area contributed by atoms with Crippen molar-refractivity contribution in [1.82, 2.24) is 0 Å². The Morgan fingerprint density at radius 3 is 1.39 bits per heavy atom. The molecule has 0 spiro atoms. The average Bonchev–Trinajstić information content (AvgIpc) is 2.97. The minimum atomic E-state index is -3.59. The fourth-order valence-electron chi connectivity index (χ4n) is 5.93. The number of rotatable bonds is 2. The van der Waals surface area contributed by atoms with E-state index in [1.165, 1.54) is 0 Å². The molecule has 38 heavy (non-hydrogen) atoms. The molecule has 0 amide bonds. The van der Waals surface area contributed by atoms with Crippen molar-refractivity contribution in [2.24, 2.45) is 0 Å². The summed E-state index contributed by atoms with van der Waals surface area (Å²) in [6, 6.07) is 33.5. The van der Waals surface area contributed by atoms with Crippen LogP contribution in [0.3, 0.4) is 0 Å². The van der Waals surface area contributed by atoms with Crippen molar-refractivity contribution in [3.8, 4) is 0 Å². The zero-order valence-electron chi connectivity index (χ0n) is 24.1. The van der Waals surface area contributed by atoms with Crippen LogP contribution in [0, 0.1) is 20.7 Å². The largest absolute Gasteiger partial charge is 0.308 e. The van der Waals surface area contributed by atoms with Gasteiger partial charge in [-0.2, -0.15) is 0 Å². The van der Waals surface area contributed by atoms with Crippen LogP contribution < -0.4 is 36.7 Å². The van der Waals surface area contributed by atoms with Gasteiger partial charge in [-0.15, -0.1) is 0 Å². The van der Waals surface area contributed by atoms with Crippen LogP contribution in [0.25, 0.3) is 0 Å². The van der Waals surface area contributed by atoms with E-state index in [0.717, 1.165) is 22.5 Å². The first kappa shape index (κ1) is 20.3. The third-order valence-corrected chi connectivity index (χ3v) is 13.8. The Hall–Kier alpha value is -3.64. The second-order valence-electron chi connectivity index (χ2n) is 10.1. The van der Waals surface area contributed by atoms with Gasteiger partial charge in [0.15, 0.2) is 14.3 Å². The molecule has 0 saturated heterocycles. The third kappa shape index (κ3) is 3.04. The van der Waals surface area contributed by atoms with Gasteiger partial charge in [0.2, 0.25) is 0 Å². The van der Waals surface area contributed by atoms with Gasteiger partial charge < -0.3 is 14.0 Å². The highest BCUT2D eigenvalue weighted by Crippen LogP contribution is 2.60. The summed E-state index contributed by atoms with van der Waals surface area (Å²) in [6.45, 7) is 1.43. The van der Waals surface area contributed by atoms with Crippen molar-refractivity contribution >= 4 is 63.2 Å². The standard InChI is InChI=1S/C33H27NO2P2/c1-22-14-16-27-29(18-22)37(35,25-10-6-4-7-11-25)31-20-24(3)21-32-33(31)34(27)28-17-15-23(2)19-30(28)38(32,36)26-12-8-5-9-13-26/h4-21H,1-3H3/i3D3. The second-order valence-corrected chi connectivity index (χ2v) is 15.5. The van der Waals surface area contributed by atoms with E-state index in [-0.39, 0.29) is 5.56 Å². The molecule has 7 rings (SSSR count). The smallest absolute Gasteiger partial charge is 0.175 e. The summed E-state index contributed by atoms with van der Waals surface area (Å²) in [7, 11) is -7.19. The molecule has 0 aliphatic carbocycles. The molecular formula is C33H27NO2P2. The minimum absolute atomic E-state index is 0.0331. The van der Waals surface area contributed by atoms with Crippen LogP contribution in [0.5, 0.6) is 0 Å². The number of benzene rings is 5. The van der Waals surface area contributed by atoms with Crippen LogP contribution in [0.2, 0.25) is 0 Å². The van der Waals surface area contributed by atoms with Gasteiger partial charge in [-0.05, 0) is 62.7 Å². The molecule has 5 heteroatoms. The molecule has 2 heterocycles. The molecule has 2 unspecified atom stereocenters. The third-order valence-electron chi connectivity index (χ3n) is 7.63. The van der Waals surface area contributed by atoms with Gasteiger partial charge in [0, 0.05) is 35.9 Å². The number of hydrogen-bond acceptors (Lipinski definition) is 3. The lowest BCUT2D eigenvalue weighted by molar-refractivity contribution is 0.592. The van der Waals surface area contributed by atoms with Gasteiger partial charge in [0.25, 0.3) is 0 Å². The van der Waals surface area contributed by atoms with Crippen LogP contribution in [0.1, 0.15) is 20.8 Å². The Balaban J connectivity index is 1.73. The predicted octanol–water partition coefficient (Wildman–Crippen LogP) is 5.99. The average molecular weight is 535 g/mol. The number of nitrogens with zero attached hydrogens (tertiary/aromatic N) is 1. The van der Waals surface area contributed by atoms with E-state index in [4.69, 9.17) is 4.11 Å². The molecule has 2 aliphatic rings. The second kappa shape index (κ2) is 8.18. The highest BCUT2D eigenvalue weighted by molar-refractivity contribution is 7.88. The lowest BCUT2D eigenvalue weighted by Crippen LogP contribution is -2.46. The summed E-state index contributed by atoms with van der Waals surface area (Å²) in [5.74, 6) is 0.